The van der Waals surface area contributed by atoms with Crippen LogP contribution in [0.15, 0.2) is 71.6 Å². The third kappa shape index (κ3) is 8.98. The Morgan fingerprint density at radius 2 is 1.69 bits per heavy atom. The van der Waals surface area contributed by atoms with E-state index in [1.807, 2.05) is 24.3 Å². The average Bonchev–Trinajstić information content (AvgIpc) is 3.41. The second-order valence-corrected chi connectivity index (χ2v) is 12.9. The molecule has 0 saturated heterocycles. The first kappa shape index (κ1) is 32.3. The van der Waals surface area contributed by atoms with Crippen LogP contribution in [0, 0.1) is 0 Å². The minimum absolute atomic E-state index is 0.00889. The third-order valence-electron chi connectivity index (χ3n) is 7.52. The molecule has 0 unspecified atom stereocenters. The quantitative estimate of drug-likeness (QED) is 0.148. The molecular formula is C32H31F3N4O4S2. The van der Waals surface area contributed by atoms with Gasteiger partial charge in [-0.1, -0.05) is 54.9 Å². The van der Waals surface area contributed by atoms with E-state index in [9.17, 15) is 27.6 Å². The smallest absolute Gasteiger partial charge is 0.446 e. The Morgan fingerprint density at radius 1 is 0.978 bits per heavy atom. The number of benzene rings is 3. The Balaban J connectivity index is 1.35. The second kappa shape index (κ2) is 14.3. The maximum absolute atomic E-state index is 13.7. The molecule has 1 heterocycles. The van der Waals surface area contributed by atoms with Gasteiger partial charge >= 0.3 is 17.5 Å². The molecule has 0 radical (unpaired) electrons. The number of carbonyl (C=O) groups excluding carboxylic acids is 2. The van der Waals surface area contributed by atoms with Gasteiger partial charge in [0.1, 0.15) is 0 Å². The van der Waals surface area contributed by atoms with Gasteiger partial charge in [-0.3, -0.25) is 19.8 Å². The van der Waals surface area contributed by atoms with Crippen molar-refractivity contribution in [1.29, 1.82) is 0 Å². The van der Waals surface area contributed by atoms with Gasteiger partial charge in [-0.25, -0.2) is 9.78 Å². The molecule has 0 aliphatic heterocycles. The van der Waals surface area contributed by atoms with Crippen molar-refractivity contribution in [2.45, 2.75) is 61.4 Å². The Morgan fingerprint density at radius 3 is 2.36 bits per heavy atom. The van der Waals surface area contributed by atoms with Crippen LogP contribution >= 0.6 is 23.1 Å². The van der Waals surface area contributed by atoms with E-state index in [0.29, 0.717) is 27.4 Å². The Kier molecular flexibility index (Phi) is 10.3. The van der Waals surface area contributed by atoms with Crippen LogP contribution in [0.2, 0.25) is 0 Å². The summed E-state index contributed by atoms with van der Waals surface area (Å²) in [7, 11) is 0. The van der Waals surface area contributed by atoms with Crippen molar-refractivity contribution in [1.82, 2.24) is 10.3 Å². The van der Waals surface area contributed by atoms with Crippen LogP contribution in [0.3, 0.4) is 0 Å². The molecule has 1 aromatic heterocycles. The lowest BCUT2D eigenvalue weighted by Crippen LogP contribution is -2.34. The molecule has 8 nitrogen and oxygen atoms in total. The lowest BCUT2D eigenvalue weighted by atomic mass is 9.84. The maximum Gasteiger partial charge on any atom is 0.446 e. The summed E-state index contributed by atoms with van der Waals surface area (Å²) in [4.78, 5) is 42.8. The molecule has 3 N–H and O–H groups in total. The number of rotatable bonds is 10. The van der Waals surface area contributed by atoms with Gasteiger partial charge in [-0.15, -0.1) is 0 Å². The molecule has 45 heavy (non-hydrogen) atoms. The topological polar surface area (TPSA) is 112 Å². The number of amides is 3. The van der Waals surface area contributed by atoms with Gasteiger partial charge in [0.2, 0.25) is 0 Å². The van der Waals surface area contributed by atoms with E-state index in [1.165, 1.54) is 43.0 Å². The fourth-order valence-corrected chi connectivity index (χ4v) is 6.84. The number of thiazole rings is 1. The fourth-order valence-electron chi connectivity index (χ4n) is 5.29. The number of carboxylic acids is 1. The second-order valence-electron chi connectivity index (χ2n) is 10.7. The standard InChI is InChI=1S/C32H31F3N4O4S2/c33-32(34,35)45-25-14-15-26-27(18-25)44-30(37-26)38-31(43)39(24-12-10-22(11-13-24)21-4-2-1-3-5-21)19-20-6-8-23(9-7-20)29(42)36-17-16-28(40)41/h6-15,18,21H,1-5,16-17,19H2,(H,36,42)(H,40,41)(H,37,38,43). The molecule has 1 saturated carbocycles. The summed E-state index contributed by atoms with van der Waals surface area (Å²) in [6.45, 7) is 0.168. The van der Waals surface area contributed by atoms with Crippen molar-refractivity contribution >= 4 is 62.0 Å². The number of alkyl halides is 3. The van der Waals surface area contributed by atoms with Crippen LogP contribution < -0.4 is 15.5 Å². The number of nitrogens with zero attached hydrogens (tertiary/aromatic N) is 2. The summed E-state index contributed by atoms with van der Waals surface area (Å²) in [5, 5.41) is 14.4. The molecule has 1 aliphatic rings. The van der Waals surface area contributed by atoms with Crippen LogP contribution in [0.25, 0.3) is 10.2 Å². The predicted octanol–water partition coefficient (Wildman–Crippen LogP) is 8.40. The van der Waals surface area contributed by atoms with Gasteiger partial charge in [0.15, 0.2) is 5.13 Å². The summed E-state index contributed by atoms with van der Waals surface area (Å²) in [6, 6.07) is 18.4. The molecule has 3 amide bonds. The van der Waals surface area contributed by atoms with Gasteiger partial charge < -0.3 is 10.4 Å². The summed E-state index contributed by atoms with van der Waals surface area (Å²) in [5.74, 6) is -0.914. The molecule has 0 spiro atoms. The summed E-state index contributed by atoms with van der Waals surface area (Å²) >= 11 is 0.883. The van der Waals surface area contributed by atoms with Gasteiger partial charge in [0.25, 0.3) is 5.91 Å². The highest BCUT2D eigenvalue weighted by atomic mass is 32.2. The van der Waals surface area contributed by atoms with Crippen molar-refractivity contribution < 1.29 is 32.7 Å². The molecule has 0 atom stereocenters. The molecule has 1 aliphatic carbocycles. The maximum atomic E-state index is 13.7. The minimum atomic E-state index is -4.41. The van der Waals surface area contributed by atoms with Crippen LogP contribution in [-0.4, -0.2) is 40.1 Å². The number of hydrogen-bond acceptors (Lipinski definition) is 6. The van der Waals surface area contributed by atoms with E-state index in [1.54, 1.807) is 29.2 Å². The molecule has 5 rings (SSSR count). The number of carbonyl (C=O) groups is 3. The average molecular weight is 657 g/mol. The van der Waals surface area contributed by atoms with Gasteiger partial charge in [0, 0.05) is 22.7 Å². The lowest BCUT2D eigenvalue weighted by Gasteiger charge is -2.25. The zero-order valence-corrected chi connectivity index (χ0v) is 25.7. The molecule has 4 aromatic rings. The van der Waals surface area contributed by atoms with Crippen LogP contribution in [-0.2, 0) is 11.3 Å². The van der Waals surface area contributed by atoms with Crippen molar-refractivity contribution in [3.63, 3.8) is 0 Å². The first-order valence-electron chi connectivity index (χ1n) is 14.5. The number of thioether (sulfide) groups is 1. The number of anilines is 2. The molecule has 236 valence electrons. The fraction of sp³-hybridized carbons (Fsp3) is 0.312. The van der Waals surface area contributed by atoms with Crippen LogP contribution in [0.4, 0.5) is 28.8 Å². The van der Waals surface area contributed by atoms with E-state index < -0.39 is 23.4 Å². The van der Waals surface area contributed by atoms with Crippen LogP contribution in [0.5, 0.6) is 0 Å². The van der Waals surface area contributed by atoms with E-state index in [0.717, 1.165) is 29.7 Å². The van der Waals surface area contributed by atoms with E-state index in [2.05, 4.69) is 15.6 Å². The van der Waals surface area contributed by atoms with Gasteiger partial charge in [-0.2, -0.15) is 13.2 Å². The van der Waals surface area contributed by atoms with Crippen LogP contribution in [0.1, 0.15) is 65.9 Å². The summed E-state index contributed by atoms with van der Waals surface area (Å²) in [6.07, 6.45) is 5.75. The number of aliphatic carboxylic acids is 1. The van der Waals surface area contributed by atoms with E-state index >= 15 is 0 Å². The number of aromatic nitrogens is 1. The molecule has 13 heteroatoms. The number of fused-ring (bicyclic) bond motifs is 1. The van der Waals surface area contributed by atoms with Crippen molar-refractivity contribution in [3.05, 3.63) is 83.4 Å². The highest BCUT2D eigenvalue weighted by Gasteiger charge is 2.29. The zero-order valence-electron chi connectivity index (χ0n) is 24.1. The predicted molar refractivity (Wildman–Crippen MR) is 170 cm³/mol. The molecule has 0 bridgehead atoms. The third-order valence-corrected chi connectivity index (χ3v) is 9.17. The number of nitrogens with one attached hydrogen (secondary N) is 2. The number of urea groups is 1. The number of halogens is 3. The monoisotopic (exact) mass is 656 g/mol. The Hall–Kier alpha value is -4.10. The highest BCUT2D eigenvalue weighted by molar-refractivity contribution is 8.00. The van der Waals surface area contributed by atoms with E-state index in [-0.39, 0.29) is 41.3 Å². The first-order chi connectivity index (χ1) is 21.5. The normalized spacial score (nSPS) is 13.8. The molecule has 3 aromatic carbocycles. The largest absolute Gasteiger partial charge is 0.481 e. The lowest BCUT2D eigenvalue weighted by molar-refractivity contribution is -0.136. The minimum Gasteiger partial charge on any atom is -0.481 e. The number of hydrogen-bond donors (Lipinski definition) is 3. The van der Waals surface area contributed by atoms with Crippen molar-refractivity contribution in [2.24, 2.45) is 0 Å². The highest BCUT2D eigenvalue weighted by Crippen LogP contribution is 2.39. The SMILES string of the molecule is O=C(O)CCNC(=O)c1ccc(CN(C(=O)Nc2nc3ccc(SC(F)(F)F)cc3s2)c2ccc(C3CCCCC3)cc2)cc1. The summed E-state index contributed by atoms with van der Waals surface area (Å²) < 4.78 is 39.1. The van der Waals surface area contributed by atoms with Crippen molar-refractivity contribution in [2.75, 3.05) is 16.8 Å². The van der Waals surface area contributed by atoms with E-state index in [4.69, 9.17) is 5.11 Å². The van der Waals surface area contributed by atoms with Gasteiger partial charge in [-0.05, 0) is 84.1 Å². The van der Waals surface area contributed by atoms with Crippen molar-refractivity contribution in [3.8, 4) is 0 Å². The van der Waals surface area contributed by atoms with Gasteiger partial charge in [0.05, 0.1) is 23.2 Å². The first-order valence-corrected chi connectivity index (χ1v) is 16.1. The zero-order chi connectivity index (χ0) is 32.0. The Bertz CT molecular complexity index is 1650. The number of carboxylic acid groups (broad SMARTS) is 1. The Labute approximate surface area is 266 Å². The molecule has 1 fully saturated rings. The summed E-state index contributed by atoms with van der Waals surface area (Å²) in [5.41, 5.74) is -0.966. The molecular weight excluding hydrogens is 626 g/mol.